The van der Waals surface area contributed by atoms with Gasteiger partial charge in [-0.2, -0.15) is 0 Å². The molecule has 3 N–H and O–H groups in total. The fourth-order valence-electron chi connectivity index (χ4n) is 4.74. The zero-order valence-corrected chi connectivity index (χ0v) is 17.9. The molecule has 4 atom stereocenters. The average Bonchev–Trinajstić information content (AvgIpc) is 3.21. The van der Waals surface area contributed by atoms with Crippen molar-refractivity contribution >= 4 is 29.1 Å². The van der Waals surface area contributed by atoms with Crippen LogP contribution in [0.2, 0.25) is 5.02 Å². The molecule has 1 aliphatic carbocycles. The summed E-state index contributed by atoms with van der Waals surface area (Å²) in [5.74, 6) is -0.572. The highest BCUT2D eigenvalue weighted by Gasteiger charge is 2.46. The summed E-state index contributed by atoms with van der Waals surface area (Å²) in [6.45, 7) is 2.50. The number of carbonyl (C=O) groups excluding carboxylic acids is 2. The second-order valence-electron chi connectivity index (χ2n) is 8.35. The maximum absolute atomic E-state index is 12.7. The number of halogens is 1. The molecule has 1 saturated carbocycles. The Morgan fingerprint density at radius 3 is 2.52 bits per heavy atom. The van der Waals surface area contributed by atoms with Crippen molar-refractivity contribution in [3.05, 3.63) is 39.4 Å². The molecule has 0 bridgehead atoms. The number of carbonyl (C=O) groups is 2. The van der Waals surface area contributed by atoms with Crippen LogP contribution in [0.3, 0.4) is 0 Å². The number of nitrogens with one attached hydrogen (secondary N) is 3. The summed E-state index contributed by atoms with van der Waals surface area (Å²) in [6, 6.07) is 6.49. The van der Waals surface area contributed by atoms with E-state index >= 15 is 0 Å². The van der Waals surface area contributed by atoms with E-state index in [1.807, 2.05) is 24.3 Å². The van der Waals surface area contributed by atoms with Gasteiger partial charge >= 0.3 is 0 Å². The number of piperazine rings is 1. The molecular weight excluding hydrogens is 424 g/mol. The predicted molar refractivity (Wildman–Crippen MR) is 115 cm³/mol. The molecule has 11 heteroatoms. The van der Waals surface area contributed by atoms with Gasteiger partial charge in [-0.3, -0.25) is 25.1 Å². The number of fused-ring (bicyclic) bond motifs is 1. The third kappa shape index (κ3) is 4.91. The van der Waals surface area contributed by atoms with E-state index in [0.717, 1.165) is 5.69 Å². The molecule has 2 saturated heterocycles. The highest BCUT2D eigenvalue weighted by Crippen LogP contribution is 2.31. The smallest absolute Gasteiger partial charge is 0.242 e. The highest BCUT2D eigenvalue weighted by atomic mass is 35.5. The van der Waals surface area contributed by atoms with E-state index in [4.69, 9.17) is 11.6 Å². The number of hydrazine groups is 1. The van der Waals surface area contributed by atoms with E-state index in [0.29, 0.717) is 50.5 Å². The summed E-state index contributed by atoms with van der Waals surface area (Å²) in [5.41, 5.74) is 7.11. The number of nitro groups is 1. The Morgan fingerprint density at radius 1 is 1.13 bits per heavy atom. The lowest BCUT2D eigenvalue weighted by Crippen LogP contribution is -2.53. The fraction of sp³-hybridized carbons (Fsp3) is 0.600. The first kappa shape index (κ1) is 21.8. The first-order chi connectivity index (χ1) is 14.9. The maximum atomic E-state index is 12.7. The van der Waals surface area contributed by atoms with Gasteiger partial charge in [-0.1, -0.05) is 11.6 Å². The van der Waals surface area contributed by atoms with Gasteiger partial charge in [0, 0.05) is 66.6 Å². The SMILES string of the molecule is O=C(NCC(=O)N1CCN(c2ccc(Cl)cc2)CC1)C1NNC2CCC([N+](=O)[O-])CC21. The van der Waals surface area contributed by atoms with Gasteiger partial charge in [-0.05, 0) is 30.7 Å². The number of anilines is 1. The molecular formula is C20H27ClN6O4. The Kier molecular flexibility index (Phi) is 6.59. The fourth-order valence-corrected chi connectivity index (χ4v) is 4.86. The maximum Gasteiger partial charge on any atom is 0.242 e. The third-order valence-electron chi connectivity index (χ3n) is 6.54. The van der Waals surface area contributed by atoms with Gasteiger partial charge in [0.05, 0.1) is 6.54 Å². The minimum atomic E-state index is -0.614. The summed E-state index contributed by atoms with van der Waals surface area (Å²) >= 11 is 5.94. The van der Waals surface area contributed by atoms with Gasteiger partial charge in [-0.15, -0.1) is 0 Å². The molecule has 4 unspecified atom stereocenters. The number of benzene rings is 1. The first-order valence-corrected chi connectivity index (χ1v) is 11.0. The summed E-state index contributed by atoms with van der Waals surface area (Å²) in [7, 11) is 0. The molecule has 2 amide bonds. The Morgan fingerprint density at radius 2 is 1.84 bits per heavy atom. The molecule has 3 aliphatic rings. The van der Waals surface area contributed by atoms with Crippen LogP contribution in [0.5, 0.6) is 0 Å². The predicted octanol–water partition coefficient (Wildman–Crippen LogP) is 0.395. The standard InChI is InChI=1S/C20H27ClN6O4/c21-13-1-3-14(4-2-13)25-7-9-26(10-8-25)18(28)12-22-20(29)19-16-11-15(27(30)31)5-6-17(16)23-24-19/h1-4,15-17,19,23-24H,5-12H2,(H,22,29). The minimum absolute atomic E-state index is 0.0450. The van der Waals surface area contributed by atoms with Crippen LogP contribution in [0.15, 0.2) is 24.3 Å². The quantitative estimate of drug-likeness (QED) is 0.438. The largest absolute Gasteiger partial charge is 0.368 e. The van der Waals surface area contributed by atoms with E-state index in [9.17, 15) is 19.7 Å². The van der Waals surface area contributed by atoms with Crippen molar-refractivity contribution in [2.45, 2.75) is 37.4 Å². The molecule has 1 aromatic rings. The normalized spacial score (nSPS) is 28.2. The Labute approximate surface area is 185 Å². The monoisotopic (exact) mass is 450 g/mol. The Hall–Kier alpha value is -2.43. The van der Waals surface area contributed by atoms with Crippen LogP contribution in [0.1, 0.15) is 19.3 Å². The van der Waals surface area contributed by atoms with Crippen molar-refractivity contribution in [2.75, 3.05) is 37.6 Å². The van der Waals surface area contributed by atoms with Gasteiger partial charge < -0.3 is 15.1 Å². The van der Waals surface area contributed by atoms with Crippen LogP contribution >= 0.6 is 11.6 Å². The lowest BCUT2D eigenvalue weighted by Gasteiger charge is -2.36. The molecule has 10 nitrogen and oxygen atoms in total. The number of rotatable bonds is 5. The second kappa shape index (κ2) is 9.37. The summed E-state index contributed by atoms with van der Waals surface area (Å²) < 4.78 is 0. The van der Waals surface area contributed by atoms with Gasteiger partial charge in [0.25, 0.3) is 0 Å². The lowest BCUT2D eigenvalue weighted by molar-refractivity contribution is -0.528. The average molecular weight is 451 g/mol. The topological polar surface area (TPSA) is 120 Å². The van der Waals surface area contributed by atoms with E-state index in [-0.39, 0.29) is 35.2 Å². The minimum Gasteiger partial charge on any atom is -0.368 e. The van der Waals surface area contributed by atoms with Crippen molar-refractivity contribution < 1.29 is 14.5 Å². The molecule has 0 aromatic heterocycles. The van der Waals surface area contributed by atoms with Crippen molar-refractivity contribution in [3.8, 4) is 0 Å². The van der Waals surface area contributed by atoms with E-state index < -0.39 is 12.1 Å². The Bertz CT molecular complexity index is 829. The van der Waals surface area contributed by atoms with Gasteiger partial charge in [0.2, 0.25) is 17.9 Å². The molecule has 0 spiro atoms. The van der Waals surface area contributed by atoms with Crippen LogP contribution < -0.4 is 21.1 Å². The van der Waals surface area contributed by atoms with E-state index in [2.05, 4.69) is 21.1 Å². The molecule has 3 fully saturated rings. The molecule has 31 heavy (non-hydrogen) atoms. The molecule has 0 radical (unpaired) electrons. The number of hydrogen-bond donors (Lipinski definition) is 3. The number of amides is 2. The van der Waals surface area contributed by atoms with Crippen LogP contribution in [0.4, 0.5) is 5.69 Å². The highest BCUT2D eigenvalue weighted by molar-refractivity contribution is 6.30. The van der Waals surface area contributed by atoms with Crippen LogP contribution in [0.25, 0.3) is 0 Å². The van der Waals surface area contributed by atoms with Crippen molar-refractivity contribution in [2.24, 2.45) is 5.92 Å². The molecule has 168 valence electrons. The van der Waals surface area contributed by atoms with Crippen molar-refractivity contribution in [1.82, 2.24) is 21.1 Å². The van der Waals surface area contributed by atoms with E-state index in [1.54, 1.807) is 4.90 Å². The molecule has 2 aliphatic heterocycles. The molecule has 4 rings (SSSR count). The van der Waals surface area contributed by atoms with Crippen molar-refractivity contribution in [3.63, 3.8) is 0 Å². The number of nitrogens with zero attached hydrogens (tertiary/aromatic N) is 3. The zero-order chi connectivity index (χ0) is 22.0. The summed E-state index contributed by atoms with van der Waals surface area (Å²) in [6.07, 6.45) is 1.53. The van der Waals surface area contributed by atoms with Gasteiger partial charge in [-0.25, -0.2) is 5.43 Å². The summed E-state index contributed by atoms with van der Waals surface area (Å²) in [5, 5.41) is 14.5. The van der Waals surface area contributed by atoms with Crippen LogP contribution in [0, 0.1) is 16.0 Å². The molecule has 2 heterocycles. The van der Waals surface area contributed by atoms with Crippen LogP contribution in [-0.2, 0) is 9.59 Å². The van der Waals surface area contributed by atoms with Crippen LogP contribution in [-0.4, -0.2) is 72.5 Å². The lowest BCUT2D eigenvalue weighted by atomic mass is 9.79. The zero-order valence-electron chi connectivity index (χ0n) is 17.1. The molecule has 1 aromatic carbocycles. The third-order valence-corrected chi connectivity index (χ3v) is 6.79. The Balaban J connectivity index is 1.24. The van der Waals surface area contributed by atoms with Gasteiger partial charge in [0.1, 0.15) is 6.04 Å². The first-order valence-electron chi connectivity index (χ1n) is 10.6. The summed E-state index contributed by atoms with van der Waals surface area (Å²) in [4.78, 5) is 40.1. The van der Waals surface area contributed by atoms with Gasteiger partial charge in [0.15, 0.2) is 0 Å². The van der Waals surface area contributed by atoms with Crippen molar-refractivity contribution in [1.29, 1.82) is 0 Å². The van der Waals surface area contributed by atoms with E-state index in [1.165, 1.54) is 0 Å². The second-order valence-corrected chi connectivity index (χ2v) is 8.79. The number of hydrogen-bond acceptors (Lipinski definition) is 7.